The van der Waals surface area contributed by atoms with Crippen LogP contribution in [-0.4, -0.2) is 11.0 Å². The van der Waals surface area contributed by atoms with Gasteiger partial charge in [0.2, 0.25) is 0 Å². The van der Waals surface area contributed by atoms with Crippen LogP contribution >= 0.6 is 0 Å². The van der Waals surface area contributed by atoms with Gasteiger partial charge in [-0.05, 0) is 36.5 Å². The minimum absolute atomic E-state index is 0.0952. The van der Waals surface area contributed by atoms with Gasteiger partial charge < -0.3 is 5.32 Å². The molecule has 1 fully saturated rings. The lowest BCUT2D eigenvalue weighted by Crippen LogP contribution is -2.33. The van der Waals surface area contributed by atoms with Crippen molar-refractivity contribution in [2.45, 2.75) is 37.5 Å². The maximum Gasteiger partial charge on any atom is 0.433 e. The summed E-state index contributed by atoms with van der Waals surface area (Å²) in [6.07, 6.45) is -0.728. The summed E-state index contributed by atoms with van der Waals surface area (Å²) in [5.74, 6) is 0. The summed E-state index contributed by atoms with van der Waals surface area (Å²) in [6, 6.07) is 2.00. The largest absolute Gasteiger partial charge is 0.433 e. The van der Waals surface area contributed by atoms with Gasteiger partial charge in [-0.3, -0.25) is 4.98 Å². The predicted molar refractivity (Wildman–Crippen MR) is 51.8 cm³/mol. The molecule has 1 saturated heterocycles. The first-order valence-corrected chi connectivity index (χ1v) is 5.37. The summed E-state index contributed by atoms with van der Waals surface area (Å²) in [5.41, 5.74) is 0.501. The van der Waals surface area contributed by atoms with Gasteiger partial charge in [0.05, 0.1) is 0 Å². The van der Waals surface area contributed by atoms with Gasteiger partial charge in [0.1, 0.15) is 5.69 Å². The highest BCUT2D eigenvalue weighted by molar-refractivity contribution is 5.38. The second-order valence-corrected chi connectivity index (χ2v) is 4.42. The fourth-order valence-electron chi connectivity index (χ4n) is 2.76. The molecule has 0 amide bonds. The lowest BCUT2D eigenvalue weighted by Gasteiger charge is -2.26. The minimum atomic E-state index is -4.33. The molecule has 1 N–H and O–H groups in total. The zero-order valence-corrected chi connectivity index (χ0v) is 8.51. The number of hydrogen-bond acceptors (Lipinski definition) is 2. The predicted octanol–water partition coefficient (Wildman–Crippen LogP) is 2.45. The van der Waals surface area contributed by atoms with Crippen LogP contribution in [0.25, 0.3) is 0 Å². The lowest BCUT2D eigenvalue weighted by molar-refractivity contribution is -0.142. The van der Waals surface area contributed by atoms with Crippen LogP contribution in [0.2, 0.25) is 0 Å². The summed E-state index contributed by atoms with van der Waals surface area (Å²) < 4.78 is 38.3. The highest BCUT2D eigenvalue weighted by Crippen LogP contribution is 2.40. The second kappa shape index (κ2) is 3.20. The van der Waals surface area contributed by atoms with Crippen LogP contribution in [-0.2, 0) is 12.6 Å². The SMILES string of the molecule is FC(F)(F)c1nccc2c1CC1CCC2N1. The van der Waals surface area contributed by atoms with Crippen LogP contribution in [0.15, 0.2) is 12.3 Å². The van der Waals surface area contributed by atoms with Crippen LogP contribution in [0, 0.1) is 0 Å². The van der Waals surface area contributed by atoms with Crippen LogP contribution in [0.5, 0.6) is 0 Å². The number of hydrogen-bond donors (Lipinski definition) is 1. The van der Waals surface area contributed by atoms with E-state index in [1.54, 1.807) is 6.07 Å². The first kappa shape index (κ1) is 10.1. The third-order valence-electron chi connectivity index (χ3n) is 3.43. The molecule has 1 aromatic rings. The third-order valence-corrected chi connectivity index (χ3v) is 3.43. The average molecular weight is 228 g/mol. The molecule has 0 aliphatic carbocycles. The molecule has 1 aromatic heterocycles. The molecule has 0 spiro atoms. The average Bonchev–Trinajstić information content (AvgIpc) is 2.59. The Balaban J connectivity index is 2.14. The molecule has 86 valence electrons. The summed E-state index contributed by atoms with van der Waals surface area (Å²) >= 11 is 0. The fraction of sp³-hybridized carbons (Fsp3) is 0.545. The normalized spacial score (nSPS) is 27.9. The Hall–Kier alpha value is -1.10. The third kappa shape index (κ3) is 1.42. The number of pyridine rings is 1. The molecule has 3 rings (SSSR count). The standard InChI is InChI=1S/C11H11F3N2/c12-11(13,14)10-8-5-6-1-2-9(16-6)7(8)3-4-15-10/h3-4,6,9,16H,1-2,5H2. The van der Waals surface area contributed by atoms with Gasteiger partial charge in [0.15, 0.2) is 0 Å². The van der Waals surface area contributed by atoms with Crippen LogP contribution in [0.1, 0.15) is 35.7 Å². The Morgan fingerprint density at radius 1 is 1.31 bits per heavy atom. The smallest absolute Gasteiger partial charge is 0.307 e. The van der Waals surface area contributed by atoms with Gasteiger partial charge in [-0.15, -0.1) is 0 Å². The van der Waals surface area contributed by atoms with Crippen LogP contribution in [0.4, 0.5) is 13.2 Å². The molecular weight excluding hydrogens is 217 g/mol. The van der Waals surface area contributed by atoms with Crippen molar-refractivity contribution in [1.29, 1.82) is 0 Å². The second-order valence-electron chi connectivity index (χ2n) is 4.42. The Bertz CT molecular complexity index is 428. The lowest BCUT2D eigenvalue weighted by atomic mass is 9.94. The Morgan fingerprint density at radius 2 is 2.12 bits per heavy atom. The molecule has 2 atom stereocenters. The summed E-state index contributed by atoms with van der Waals surface area (Å²) in [7, 11) is 0. The molecule has 16 heavy (non-hydrogen) atoms. The number of halogens is 3. The first-order chi connectivity index (χ1) is 7.55. The molecule has 0 radical (unpaired) electrons. The fourth-order valence-corrected chi connectivity index (χ4v) is 2.76. The number of nitrogens with one attached hydrogen (secondary N) is 1. The van der Waals surface area contributed by atoms with Crippen molar-refractivity contribution < 1.29 is 13.2 Å². The van der Waals surface area contributed by atoms with Crippen molar-refractivity contribution in [3.63, 3.8) is 0 Å². The molecule has 0 saturated carbocycles. The van der Waals surface area contributed by atoms with Crippen molar-refractivity contribution >= 4 is 0 Å². The van der Waals surface area contributed by atoms with Crippen molar-refractivity contribution in [3.8, 4) is 0 Å². The first-order valence-electron chi connectivity index (χ1n) is 5.37. The van der Waals surface area contributed by atoms with Crippen LogP contribution in [0.3, 0.4) is 0 Å². The van der Waals surface area contributed by atoms with E-state index in [0.717, 1.165) is 18.4 Å². The van der Waals surface area contributed by atoms with Gasteiger partial charge in [0.25, 0.3) is 0 Å². The molecular formula is C11H11F3N2. The van der Waals surface area contributed by atoms with E-state index in [-0.39, 0.29) is 12.1 Å². The minimum Gasteiger partial charge on any atom is -0.307 e. The van der Waals surface area contributed by atoms with Gasteiger partial charge in [-0.1, -0.05) is 0 Å². The molecule has 2 aliphatic rings. The number of nitrogens with zero attached hydrogens (tertiary/aromatic N) is 1. The topological polar surface area (TPSA) is 24.9 Å². The number of fused-ring (bicyclic) bond motifs is 4. The van der Waals surface area contributed by atoms with Crippen molar-refractivity contribution in [1.82, 2.24) is 10.3 Å². The van der Waals surface area contributed by atoms with E-state index >= 15 is 0 Å². The van der Waals surface area contributed by atoms with E-state index in [4.69, 9.17) is 0 Å². The molecule has 3 heterocycles. The van der Waals surface area contributed by atoms with Gasteiger partial charge >= 0.3 is 6.18 Å². The van der Waals surface area contributed by atoms with E-state index in [1.165, 1.54) is 6.20 Å². The van der Waals surface area contributed by atoms with E-state index in [9.17, 15) is 13.2 Å². The Kier molecular flexibility index (Phi) is 2.01. The van der Waals surface area contributed by atoms with Crippen molar-refractivity contribution in [2.24, 2.45) is 0 Å². The summed E-state index contributed by atoms with van der Waals surface area (Å²) in [5, 5.41) is 3.33. The number of rotatable bonds is 0. The summed E-state index contributed by atoms with van der Waals surface area (Å²) in [6.45, 7) is 0. The maximum absolute atomic E-state index is 12.8. The number of aromatic nitrogens is 1. The molecule has 2 unspecified atom stereocenters. The van der Waals surface area contributed by atoms with E-state index < -0.39 is 11.9 Å². The Labute approximate surface area is 90.9 Å². The molecule has 0 aromatic carbocycles. The number of alkyl halides is 3. The maximum atomic E-state index is 12.8. The van der Waals surface area contributed by atoms with Gasteiger partial charge in [0, 0.05) is 18.3 Å². The van der Waals surface area contributed by atoms with Gasteiger partial charge in [-0.25, -0.2) is 0 Å². The van der Waals surface area contributed by atoms with Crippen LogP contribution < -0.4 is 5.32 Å². The van der Waals surface area contributed by atoms with Crippen molar-refractivity contribution in [3.05, 3.63) is 29.1 Å². The van der Waals surface area contributed by atoms with E-state index in [0.29, 0.717) is 12.0 Å². The van der Waals surface area contributed by atoms with Crippen molar-refractivity contribution in [2.75, 3.05) is 0 Å². The monoisotopic (exact) mass is 228 g/mol. The van der Waals surface area contributed by atoms with E-state index in [2.05, 4.69) is 10.3 Å². The van der Waals surface area contributed by atoms with Gasteiger partial charge in [-0.2, -0.15) is 13.2 Å². The Morgan fingerprint density at radius 3 is 2.88 bits per heavy atom. The molecule has 2 bridgehead atoms. The molecule has 2 aliphatic heterocycles. The summed E-state index contributed by atoms with van der Waals surface area (Å²) in [4.78, 5) is 3.51. The zero-order valence-electron chi connectivity index (χ0n) is 8.51. The highest BCUT2D eigenvalue weighted by Gasteiger charge is 2.41. The molecule has 5 heteroatoms. The zero-order chi connectivity index (χ0) is 11.3. The highest BCUT2D eigenvalue weighted by atomic mass is 19.4. The van der Waals surface area contributed by atoms with E-state index in [1.807, 2.05) is 0 Å². The molecule has 2 nitrogen and oxygen atoms in total. The quantitative estimate of drug-likeness (QED) is 0.737.